The lowest BCUT2D eigenvalue weighted by molar-refractivity contribution is 0.0241. The normalized spacial score (nSPS) is 19.7. The highest BCUT2D eigenvalue weighted by molar-refractivity contribution is 7.84. The van der Waals surface area contributed by atoms with Crippen LogP contribution in [0, 0.1) is 0 Å². The summed E-state index contributed by atoms with van der Waals surface area (Å²) in [6, 6.07) is 3.50. The number of aromatic nitrogens is 1. The second kappa shape index (κ2) is 7.62. The Balaban J connectivity index is 1.91. The molecule has 0 aliphatic carbocycles. The van der Waals surface area contributed by atoms with Gasteiger partial charge in [-0.1, -0.05) is 17.7 Å². The average molecular weight is 359 g/mol. The molecule has 5 nitrogen and oxygen atoms in total. The van der Waals surface area contributed by atoms with Crippen LogP contribution >= 0.6 is 11.6 Å². The van der Waals surface area contributed by atoms with Gasteiger partial charge in [0.05, 0.1) is 5.75 Å². The molecule has 1 aliphatic heterocycles. The summed E-state index contributed by atoms with van der Waals surface area (Å²) in [5.74, 6) is 0.880. The van der Waals surface area contributed by atoms with Crippen LogP contribution in [-0.2, 0) is 21.3 Å². The number of ether oxygens (including phenoxy) is 1. The van der Waals surface area contributed by atoms with Gasteiger partial charge in [-0.2, -0.15) is 0 Å². The van der Waals surface area contributed by atoms with Crippen molar-refractivity contribution < 1.29 is 13.7 Å². The van der Waals surface area contributed by atoms with E-state index < -0.39 is 16.4 Å². The second-order valence-electron chi connectivity index (χ2n) is 6.71. The molecular formula is C16H23ClN2O3S. The van der Waals surface area contributed by atoms with Crippen LogP contribution in [0.25, 0.3) is 0 Å². The fourth-order valence-electron chi connectivity index (χ4n) is 2.52. The molecule has 128 valence electrons. The quantitative estimate of drug-likeness (QED) is 0.774. The number of nitrogens with zero attached hydrogens (tertiary/aromatic N) is 2. The Morgan fingerprint density at radius 1 is 1.48 bits per heavy atom. The van der Waals surface area contributed by atoms with Crippen LogP contribution in [0.15, 0.2) is 18.3 Å². The molecule has 2 rings (SSSR count). The summed E-state index contributed by atoms with van der Waals surface area (Å²) < 4.78 is 17.8. The van der Waals surface area contributed by atoms with Crippen molar-refractivity contribution in [3.05, 3.63) is 29.0 Å². The summed E-state index contributed by atoms with van der Waals surface area (Å²) in [7, 11) is -1.06. The molecule has 2 atom stereocenters. The van der Waals surface area contributed by atoms with Crippen LogP contribution in [0.2, 0.25) is 5.15 Å². The van der Waals surface area contributed by atoms with Gasteiger partial charge in [-0.05, 0) is 45.2 Å². The smallest absolute Gasteiger partial charge is 0.410 e. The zero-order chi connectivity index (χ0) is 17.0. The van der Waals surface area contributed by atoms with Crippen LogP contribution in [0.1, 0.15) is 39.2 Å². The lowest BCUT2D eigenvalue weighted by atomic mass is 10.2. The fraction of sp³-hybridized carbons (Fsp3) is 0.625. The van der Waals surface area contributed by atoms with E-state index in [1.807, 2.05) is 26.8 Å². The summed E-state index contributed by atoms with van der Waals surface area (Å²) in [5.41, 5.74) is 0.368. The third-order valence-electron chi connectivity index (χ3n) is 3.50. The summed E-state index contributed by atoms with van der Waals surface area (Å²) in [6.07, 6.45) is 3.11. The maximum atomic E-state index is 12.4. The molecule has 1 saturated heterocycles. The molecule has 0 aromatic carbocycles. The van der Waals surface area contributed by atoms with Crippen molar-refractivity contribution in [2.75, 3.05) is 12.3 Å². The Morgan fingerprint density at radius 2 is 2.22 bits per heavy atom. The van der Waals surface area contributed by atoms with E-state index in [-0.39, 0.29) is 12.1 Å². The van der Waals surface area contributed by atoms with Crippen molar-refractivity contribution in [2.45, 2.75) is 51.0 Å². The number of hydrogen-bond donors (Lipinski definition) is 0. The molecule has 1 amide bonds. The van der Waals surface area contributed by atoms with E-state index in [1.54, 1.807) is 17.2 Å². The molecule has 1 aromatic rings. The monoisotopic (exact) mass is 358 g/mol. The van der Waals surface area contributed by atoms with E-state index >= 15 is 0 Å². The molecule has 0 unspecified atom stereocenters. The Kier molecular flexibility index (Phi) is 6.03. The van der Waals surface area contributed by atoms with Gasteiger partial charge >= 0.3 is 6.09 Å². The summed E-state index contributed by atoms with van der Waals surface area (Å²) >= 11 is 5.75. The van der Waals surface area contributed by atoms with Crippen LogP contribution < -0.4 is 0 Å². The minimum atomic E-state index is -1.06. The van der Waals surface area contributed by atoms with E-state index in [1.165, 1.54) is 0 Å². The largest absolute Gasteiger partial charge is 0.444 e. The van der Waals surface area contributed by atoms with Gasteiger partial charge in [0.1, 0.15) is 10.8 Å². The zero-order valence-electron chi connectivity index (χ0n) is 13.8. The molecule has 2 heterocycles. The van der Waals surface area contributed by atoms with Gasteiger partial charge in [-0.15, -0.1) is 0 Å². The van der Waals surface area contributed by atoms with Crippen LogP contribution in [0.3, 0.4) is 0 Å². The van der Waals surface area contributed by atoms with Crippen LogP contribution in [0.5, 0.6) is 0 Å². The molecule has 1 aliphatic rings. The van der Waals surface area contributed by atoms with Crippen molar-refractivity contribution in [1.29, 1.82) is 0 Å². The lowest BCUT2D eigenvalue weighted by Gasteiger charge is -2.28. The highest BCUT2D eigenvalue weighted by Gasteiger charge is 2.33. The van der Waals surface area contributed by atoms with Crippen molar-refractivity contribution in [2.24, 2.45) is 0 Å². The summed E-state index contributed by atoms with van der Waals surface area (Å²) in [6.45, 7) is 6.21. The number of carbonyl (C=O) groups excluding carboxylic acids is 1. The van der Waals surface area contributed by atoms with Crippen LogP contribution in [-0.4, -0.2) is 44.1 Å². The predicted molar refractivity (Wildman–Crippen MR) is 91.9 cm³/mol. The molecule has 1 fully saturated rings. The third-order valence-corrected chi connectivity index (χ3v) is 5.14. The van der Waals surface area contributed by atoms with Gasteiger partial charge in [-0.3, -0.25) is 4.21 Å². The highest BCUT2D eigenvalue weighted by Crippen LogP contribution is 2.22. The van der Waals surface area contributed by atoms with E-state index in [0.717, 1.165) is 18.4 Å². The Bertz CT molecular complexity index is 572. The average Bonchev–Trinajstić information content (AvgIpc) is 2.87. The molecule has 0 N–H and O–H groups in total. The van der Waals surface area contributed by atoms with Gasteiger partial charge in [0.15, 0.2) is 0 Å². The minimum absolute atomic E-state index is 0.0223. The van der Waals surface area contributed by atoms with E-state index in [0.29, 0.717) is 23.2 Å². The first-order chi connectivity index (χ1) is 10.7. The third kappa shape index (κ3) is 5.77. The number of pyridine rings is 1. The van der Waals surface area contributed by atoms with Gasteiger partial charge < -0.3 is 9.64 Å². The van der Waals surface area contributed by atoms with E-state index in [4.69, 9.17) is 16.3 Å². The fourth-order valence-corrected chi connectivity index (χ4v) is 4.07. The summed E-state index contributed by atoms with van der Waals surface area (Å²) in [5, 5.41) is 0.423. The van der Waals surface area contributed by atoms with Crippen molar-refractivity contribution in [1.82, 2.24) is 9.88 Å². The molecule has 0 radical (unpaired) electrons. The Labute approximate surface area is 144 Å². The first kappa shape index (κ1) is 18.2. The topological polar surface area (TPSA) is 59.5 Å². The number of halogens is 1. The first-order valence-electron chi connectivity index (χ1n) is 7.69. The molecule has 23 heavy (non-hydrogen) atoms. The lowest BCUT2D eigenvalue weighted by Crippen LogP contribution is -2.42. The molecule has 0 saturated carbocycles. The maximum absolute atomic E-state index is 12.4. The number of amides is 1. The van der Waals surface area contributed by atoms with Crippen LogP contribution in [0.4, 0.5) is 4.79 Å². The van der Waals surface area contributed by atoms with Gasteiger partial charge in [-0.25, -0.2) is 9.78 Å². The molecule has 7 heteroatoms. The standard InChI is InChI=1S/C16H23ClN2O3S/c1-16(2,3)22-15(20)19-8-4-5-13(19)11-23(21)10-12-6-7-14(17)18-9-12/h6-7,9,13H,4-5,8,10-11H2,1-3H3/t13-,23-/m1/s1. The van der Waals surface area contributed by atoms with Gasteiger partial charge in [0.2, 0.25) is 0 Å². The predicted octanol–water partition coefficient (Wildman–Crippen LogP) is 3.38. The Hall–Kier alpha value is -1.14. The van der Waals surface area contributed by atoms with Crippen molar-refractivity contribution >= 4 is 28.5 Å². The number of carbonyl (C=O) groups is 1. The summed E-state index contributed by atoms with van der Waals surface area (Å²) in [4.78, 5) is 17.9. The number of rotatable bonds is 4. The van der Waals surface area contributed by atoms with E-state index in [2.05, 4.69) is 4.98 Å². The molecule has 1 aromatic heterocycles. The SMILES string of the molecule is CC(C)(C)OC(=O)N1CCC[C@@H]1C[S@](=O)Cc1ccc(Cl)nc1. The number of likely N-dealkylation sites (tertiary alicyclic amines) is 1. The number of hydrogen-bond acceptors (Lipinski definition) is 4. The van der Waals surface area contributed by atoms with Gasteiger partial charge in [0, 0.05) is 35.3 Å². The Morgan fingerprint density at radius 3 is 2.83 bits per heavy atom. The second-order valence-corrected chi connectivity index (χ2v) is 8.60. The highest BCUT2D eigenvalue weighted by atomic mass is 35.5. The van der Waals surface area contributed by atoms with Crippen molar-refractivity contribution in [3.8, 4) is 0 Å². The molecular weight excluding hydrogens is 336 g/mol. The maximum Gasteiger partial charge on any atom is 0.410 e. The zero-order valence-corrected chi connectivity index (χ0v) is 15.3. The van der Waals surface area contributed by atoms with E-state index in [9.17, 15) is 9.00 Å². The minimum Gasteiger partial charge on any atom is -0.444 e. The van der Waals surface area contributed by atoms with Gasteiger partial charge in [0.25, 0.3) is 0 Å². The molecule has 0 bridgehead atoms. The van der Waals surface area contributed by atoms with Crippen molar-refractivity contribution in [3.63, 3.8) is 0 Å². The first-order valence-corrected chi connectivity index (χ1v) is 9.56. The molecule has 0 spiro atoms.